The molecular weight excluding hydrogens is 495 g/mol. The summed E-state index contributed by atoms with van der Waals surface area (Å²) >= 11 is 1.46. The Morgan fingerprint density at radius 3 is 2.70 bits per heavy atom. The predicted molar refractivity (Wildman–Crippen MR) is 144 cm³/mol. The number of allylic oxidation sites excluding steroid dienone is 1. The second-order valence-electron chi connectivity index (χ2n) is 9.90. The quantitative estimate of drug-likeness (QED) is 0.137. The molecule has 7 nitrogen and oxygen atoms in total. The highest BCUT2D eigenvalue weighted by Crippen LogP contribution is 2.58. The number of nitrogens with zero attached hydrogens (tertiary/aromatic N) is 2. The van der Waals surface area contributed by atoms with Gasteiger partial charge in [-0.15, -0.1) is 11.8 Å². The van der Waals surface area contributed by atoms with E-state index in [0.717, 1.165) is 24.2 Å². The van der Waals surface area contributed by atoms with Crippen LogP contribution in [0.2, 0.25) is 0 Å². The molecule has 1 aromatic carbocycles. The van der Waals surface area contributed by atoms with E-state index in [1.54, 1.807) is 11.0 Å². The predicted octanol–water partition coefficient (Wildman–Crippen LogP) is 6.65. The first-order valence-electron chi connectivity index (χ1n) is 12.7. The molecular formula is C28H39FN2O5S. The summed E-state index contributed by atoms with van der Waals surface area (Å²) in [5, 5.41) is 0. The summed E-state index contributed by atoms with van der Waals surface area (Å²) in [5.41, 5.74) is -0.0213. The number of amides is 1. The number of methoxy groups -OCH3 is 1. The Bertz CT molecular complexity index is 1040. The molecule has 204 valence electrons. The van der Waals surface area contributed by atoms with E-state index in [-0.39, 0.29) is 35.2 Å². The van der Waals surface area contributed by atoms with E-state index in [9.17, 15) is 9.18 Å². The molecule has 1 aliphatic heterocycles. The number of fused-ring (bicyclic) bond motifs is 1. The zero-order valence-electron chi connectivity index (χ0n) is 22.7. The molecule has 0 bridgehead atoms. The van der Waals surface area contributed by atoms with E-state index in [2.05, 4.69) is 11.6 Å². The van der Waals surface area contributed by atoms with Crippen molar-refractivity contribution < 1.29 is 28.1 Å². The van der Waals surface area contributed by atoms with Crippen LogP contribution in [0, 0.1) is 23.1 Å². The zero-order valence-corrected chi connectivity index (χ0v) is 23.5. The van der Waals surface area contributed by atoms with Crippen LogP contribution in [0.15, 0.2) is 52.4 Å². The first-order chi connectivity index (χ1) is 17.7. The van der Waals surface area contributed by atoms with Crippen LogP contribution < -0.4 is 4.74 Å². The fourth-order valence-electron chi connectivity index (χ4n) is 4.52. The fraction of sp³-hybridized carbons (Fsp3) is 0.571. The molecule has 0 aromatic heterocycles. The van der Waals surface area contributed by atoms with Gasteiger partial charge in [-0.05, 0) is 63.5 Å². The Hall–Kier alpha value is -2.68. The largest absolute Gasteiger partial charge is 0.489 e. The first-order valence-corrected chi connectivity index (χ1v) is 14.0. The molecule has 0 N–H and O–H groups in total. The minimum absolute atomic E-state index is 0.0213. The van der Waals surface area contributed by atoms with Crippen molar-refractivity contribution in [3.8, 4) is 5.75 Å². The Morgan fingerprint density at radius 1 is 1.38 bits per heavy atom. The highest BCUT2D eigenvalue weighted by molar-refractivity contribution is 7.98. The van der Waals surface area contributed by atoms with Gasteiger partial charge in [0.05, 0.1) is 19.8 Å². The Labute approximate surface area is 224 Å². The summed E-state index contributed by atoms with van der Waals surface area (Å²) < 4.78 is 38.2. The van der Waals surface area contributed by atoms with Crippen LogP contribution in [0.3, 0.4) is 0 Å². The molecule has 9 heteroatoms. The van der Waals surface area contributed by atoms with Crippen molar-refractivity contribution in [1.82, 2.24) is 4.90 Å². The van der Waals surface area contributed by atoms with Crippen LogP contribution in [0.4, 0.5) is 9.18 Å². The number of rotatable bonds is 11. The van der Waals surface area contributed by atoms with E-state index in [4.69, 9.17) is 18.9 Å². The maximum atomic E-state index is 14.8. The second kappa shape index (κ2) is 12.7. The molecule has 3 unspecified atom stereocenters. The summed E-state index contributed by atoms with van der Waals surface area (Å²) in [6, 6.07) is 4.88. The van der Waals surface area contributed by atoms with Crippen molar-refractivity contribution in [2.24, 2.45) is 22.2 Å². The van der Waals surface area contributed by atoms with E-state index >= 15 is 0 Å². The minimum atomic E-state index is -0.450. The summed E-state index contributed by atoms with van der Waals surface area (Å²) in [6.07, 6.45) is 5.41. The van der Waals surface area contributed by atoms with Gasteiger partial charge in [-0.1, -0.05) is 20.4 Å². The number of benzene rings is 1. The molecule has 2 fully saturated rings. The molecule has 0 spiro atoms. The van der Waals surface area contributed by atoms with Crippen molar-refractivity contribution in [2.75, 3.05) is 33.1 Å². The number of thioether (sulfide) groups is 1. The number of carbonyl (C=O) groups excluding carboxylic acids is 1. The molecule has 3 atom stereocenters. The number of ether oxygens (including phenoxy) is 4. The minimum Gasteiger partial charge on any atom is -0.489 e. The van der Waals surface area contributed by atoms with Gasteiger partial charge in [-0.2, -0.15) is 0 Å². The number of carbonyl (C=O) groups is 1. The zero-order chi connectivity index (χ0) is 27.2. The smallest absolute Gasteiger partial charge is 0.410 e. The number of piperidine rings is 1. The Kier molecular flexibility index (Phi) is 9.93. The van der Waals surface area contributed by atoms with E-state index in [1.165, 1.54) is 31.1 Å². The third-order valence-electron chi connectivity index (χ3n) is 7.02. The SMILES string of the molecule is C=CN=C(OCC12CCN(C(=O)OC(C)C)CC1C2)/C(OC)=C(/Oc1ccc(SC)cc1F)C(C)CC. The summed E-state index contributed by atoms with van der Waals surface area (Å²) in [7, 11) is 1.52. The molecule has 1 saturated carbocycles. The van der Waals surface area contributed by atoms with Gasteiger partial charge in [-0.25, -0.2) is 14.2 Å². The van der Waals surface area contributed by atoms with Crippen molar-refractivity contribution in [3.05, 3.63) is 48.3 Å². The molecule has 37 heavy (non-hydrogen) atoms. The number of halogens is 1. The molecule has 3 rings (SSSR count). The molecule has 0 radical (unpaired) electrons. The number of likely N-dealkylation sites (tertiary alicyclic amines) is 1. The highest BCUT2D eigenvalue weighted by Gasteiger charge is 2.58. The summed E-state index contributed by atoms with van der Waals surface area (Å²) in [4.78, 5) is 19.2. The van der Waals surface area contributed by atoms with Crippen molar-refractivity contribution >= 4 is 23.8 Å². The van der Waals surface area contributed by atoms with Crippen molar-refractivity contribution in [2.45, 2.75) is 58.0 Å². The second-order valence-corrected chi connectivity index (χ2v) is 10.8. The van der Waals surface area contributed by atoms with E-state index < -0.39 is 5.82 Å². The van der Waals surface area contributed by atoms with Gasteiger partial charge in [0.1, 0.15) is 0 Å². The van der Waals surface area contributed by atoms with Gasteiger partial charge in [0, 0.05) is 35.5 Å². The molecule has 1 amide bonds. The lowest BCUT2D eigenvalue weighted by Crippen LogP contribution is -2.41. The average molecular weight is 535 g/mol. The maximum absolute atomic E-state index is 14.8. The van der Waals surface area contributed by atoms with Crippen LogP contribution in [0.1, 0.15) is 47.0 Å². The molecule has 2 aliphatic rings. The van der Waals surface area contributed by atoms with Crippen LogP contribution in [-0.4, -0.2) is 56.1 Å². The summed E-state index contributed by atoms with van der Waals surface area (Å²) in [5.74, 6) is 0.920. The lowest BCUT2D eigenvalue weighted by atomic mass is 9.96. The number of hydrogen-bond acceptors (Lipinski definition) is 7. The van der Waals surface area contributed by atoms with Crippen LogP contribution in [0.5, 0.6) is 5.75 Å². The van der Waals surface area contributed by atoms with Crippen LogP contribution in [0.25, 0.3) is 0 Å². The van der Waals surface area contributed by atoms with Gasteiger partial charge >= 0.3 is 6.09 Å². The van der Waals surface area contributed by atoms with E-state index in [1.807, 2.05) is 40.0 Å². The Morgan fingerprint density at radius 2 is 2.14 bits per heavy atom. The molecule has 1 heterocycles. The van der Waals surface area contributed by atoms with Crippen molar-refractivity contribution in [3.63, 3.8) is 0 Å². The normalized spacial score (nSPS) is 22.5. The van der Waals surface area contributed by atoms with Crippen molar-refractivity contribution in [1.29, 1.82) is 0 Å². The standard InChI is InChI=1S/C28H39FN2O5S/c1-8-19(5)24(36-23-11-10-21(37-7)14-22(23)29)25(33-6)26(30-9-2)34-17-28-12-13-31(16-20(28)15-28)27(32)35-18(3)4/h9-11,14,18-20H,2,8,12-13,15-17H2,1,3-7H3/b25-24-,30-26?. The number of aliphatic imine (C=N–C) groups is 1. The average Bonchev–Trinajstić information content (AvgIpc) is 3.60. The Balaban J connectivity index is 1.78. The van der Waals surface area contributed by atoms with Crippen LogP contribution in [-0.2, 0) is 14.2 Å². The van der Waals surface area contributed by atoms with Gasteiger partial charge in [0.2, 0.25) is 5.76 Å². The summed E-state index contributed by atoms with van der Waals surface area (Å²) in [6.45, 7) is 13.1. The highest BCUT2D eigenvalue weighted by atomic mass is 32.2. The van der Waals surface area contributed by atoms with Gasteiger partial charge in [0.25, 0.3) is 5.90 Å². The van der Waals surface area contributed by atoms with Crippen LogP contribution >= 0.6 is 11.8 Å². The van der Waals surface area contributed by atoms with Gasteiger partial charge < -0.3 is 23.8 Å². The molecule has 1 aliphatic carbocycles. The van der Waals surface area contributed by atoms with Gasteiger partial charge in [0.15, 0.2) is 17.3 Å². The monoisotopic (exact) mass is 534 g/mol. The lowest BCUT2D eigenvalue weighted by Gasteiger charge is -2.31. The van der Waals surface area contributed by atoms with E-state index in [0.29, 0.717) is 37.1 Å². The van der Waals surface area contributed by atoms with Gasteiger partial charge in [-0.3, -0.25) is 0 Å². The lowest BCUT2D eigenvalue weighted by molar-refractivity contribution is 0.0578. The fourth-order valence-corrected chi connectivity index (χ4v) is 4.94. The number of hydrogen-bond donors (Lipinski definition) is 0. The molecule has 1 saturated heterocycles. The third-order valence-corrected chi connectivity index (χ3v) is 7.75. The maximum Gasteiger partial charge on any atom is 0.410 e. The third kappa shape index (κ3) is 7.00. The first kappa shape index (κ1) is 28.9. The topological polar surface area (TPSA) is 69.6 Å². The molecule has 1 aromatic rings.